The van der Waals surface area contributed by atoms with E-state index in [1.807, 2.05) is 24.3 Å². The van der Waals surface area contributed by atoms with Crippen LogP contribution in [0.1, 0.15) is 176 Å². The lowest BCUT2D eigenvalue weighted by Gasteiger charge is -2.58. The highest BCUT2D eigenvalue weighted by Gasteiger charge is 2.59. The molecule has 8 atom stereocenters. The summed E-state index contributed by atoms with van der Waals surface area (Å²) in [4.78, 5) is 25.4. The third-order valence-electron chi connectivity index (χ3n) is 15.4. The molecule has 0 aromatic heterocycles. The molecule has 0 N–H and O–H groups in total. The van der Waals surface area contributed by atoms with Crippen LogP contribution in [0.15, 0.2) is 70.4 Å². The molecule has 0 radical (unpaired) electrons. The minimum absolute atomic E-state index is 0.0319. The second kappa shape index (κ2) is 20.8. The summed E-state index contributed by atoms with van der Waals surface area (Å²) in [6.07, 6.45) is 25.7. The molecule has 0 unspecified atom stereocenters. The largest absolute Gasteiger partial charge is 0.462 e. The van der Waals surface area contributed by atoms with E-state index in [9.17, 15) is 9.59 Å². The Morgan fingerprint density at radius 2 is 1.41 bits per heavy atom. The first-order valence-corrected chi connectivity index (χ1v) is 23.7. The van der Waals surface area contributed by atoms with E-state index >= 15 is 0 Å². The second-order valence-electron chi connectivity index (χ2n) is 19.9. The average molecular weight is 793 g/mol. The Kier molecular flexibility index (Phi) is 15.9. The minimum Gasteiger partial charge on any atom is -0.462 e. The summed E-state index contributed by atoms with van der Waals surface area (Å²) in [7, 11) is 0. The number of nitrogens with zero attached hydrogens (tertiary/aromatic N) is 2. The number of esters is 2. The number of hydrogen-bond acceptors (Lipinski definition) is 6. The van der Waals surface area contributed by atoms with Gasteiger partial charge in [0, 0.05) is 19.3 Å². The van der Waals surface area contributed by atoms with Crippen LogP contribution in [0.25, 0.3) is 0 Å². The van der Waals surface area contributed by atoms with Crippen molar-refractivity contribution >= 4 is 23.3 Å². The zero-order valence-corrected chi connectivity index (χ0v) is 37.1. The number of hydrogen-bond donors (Lipinski definition) is 0. The number of fused-ring (bicyclic) bond motifs is 5. The molecule has 58 heavy (non-hydrogen) atoms. The Morgan fingerprint density at radius 3 is 2.10 bits per heavy atom. The molecule has 4 aliphatic rings. The fourth-order valence-corrected chi connectivity index (χ4v) is 12.1. The fraction of sp³-hybridized carbons (Fsp3) is 0.692. The van der Waals surface area contributed by atoms with E-state index in [1.54, 1.807) is 17.7 Å². The molecule has 6 heteroatoms. The van der Waals surface area contributed by atoms with E-state index in [-0.39, 0.29) is 23.5 Å². The highest BCUT2D eigenvalue weighted by molar-refractivity contribution is 5.72. The molecule has 6 rings (SSSR count). The number of aryl methyl sites for hydroxylation is 1. The van der Waals surface area contributed by atoms with Gasteiger partial charge in [0.2, 0.25) is 0 Å². The van der Waals surface area contributed by atoms with Gasteiger partial charge in [0.25, 0.3) is 0 Å². The molecular weight excluding hydrogens is 717 g/mol. The van der Waals surface area contributed by atoms with Crippen LogP contribution >= 0.6 is 0 Å². The Hall–Kier alpha value is -3.28. The number of azo groups is 1. The lowest BCUT2D eigenvalue weighted by molar-refractivity contribution is -0.151. The lowest BCUT2D eigenvalue weighted by Crippen LogP contribution is -2.51. The smallest absolute Gasteiger partial charge is 0.311 e. The number of unbranched alkanes of at least 4 members (excludes halogenated alkanes) is 5. The third kappa shape index (κ3) is 11.3. The molecule has 0 heterocycles. The van der Waals surface area contributed by atoms with E-state index in [1.165, 1.54) is 69.8 Å². The van der Waals surface area contributed by atoms with E-state index < -0.39 is 0 Å². The van der Waals surface area contributed by atoms with Crippen LogP contribution in [0.4, 0.5) is 11.4 Å². The first kappa shape index (κ1) is 44.3. The molecule has 0 bridgehead atoms. The minimum atomic E-state index is -0.222. The summed E-state index contributed by atoms with van der Waals surface area (Å²) in [6, 6.07) is 15.4. The van der Waals surface area contributed by atoms with Crippen molar-refractivity contribution < 1.29 is 19.1 Å². The molecule has 318 valence electrons. The maximum Gasteiger partial charge on any atom is 0.311 e. The van der Waals surface area contributed by atoms with Gasteiger partial charge in [-0.3, -0.25) is 9.59 Å². The van der Waals surface area contributed by atoms with E-state index in [0.717, 1.165) is 99.0 Å². The Balaban J connectivity index is 0.841. The van der Waals surface area contributed by atoms with Crippen LogP contribution in [0.3, 0.4) is 0 Å². The number of allylic oxidation sites excluding steroid dienone is 1. The van der Waals surface area contributed by atoms with E-state index in [2.05, 4.69) is 70.0 Å². The van der Waals surface area contributed by atoms with Crippen LogP contribution in [-0.2, 0) is 20.7 Å². The van der Waals surface area contributed by atoms with Crippen LogP contribution < -0.4 is 4.74 Å². The highest BCUT2D eigenvalue weighted by atomic mass is 16.5. The zero-order valence-electron chi connectivity index (χ0n) is 37.1. The average Bonchev–Trinajstić information content (AvgIpc) is 3.57. The maximum atomic E-state index is 12.9. The third-order valence-corrected chi connectivity index (χ3v) is 15.4. The van der Waals surface area contributed by atoms with Crippen LogP contribution in [0.5, 0.6) is 5.75 Å². The summed E-state index contributed by atoms with van der Waals surface area (Å²) in [5, 5.41) is 8.65. The Morgan fingerprint density at radius 1 is 0.741 bits per heavy atom. The van der Waals surface area contributed by atoms with Gasteiger partial charge < -0.3 is 9.47 Å². The van der Waals surface area contributed by atoms with Gasteiger partial charge in [-0.2, -0.15) is 10.2 Å². The van der Waals surface area contributed by atoms with Crippen molar-refractivity contribution in [2.45, 2.75) is 182 Å². The Labute approximate surface area is 351 Å². The second-order valence-corrected chi connectivity index (χ2v) is 19.9. The monoisotopic (exact) mass is 793 g/mol. The topological polar surface area (TPSA) is 77.3 Å². The van der Waals surface area contributed by atoms with E-state index in [4.69, 9.17) is 9.47 Å². The number of carbonyl (C=O) groups excluding carboxylic acids is 2. The van der Waals surface area contributed by atoms with Crippen molar-refractivity contribution in [3.05, 3.63) is 65.7 Å². The standard InChI is InChI=1S/C52H76N2O4/c1-7-8-17-39-20-23-41(24-21-39)53-54-42-25-27-43(28-26-42)57-49(55)18-12-10-9-11-13-19-50(56)58-44-32-34-51(5)40(36-44)22-29-45-47-31-30-46(38(4)16-14-15-37(2)3)52(47,6)35-33-48(45)51/h20-28,37-38,44-48H,7-19,29-36H2,1-6H3/t38-,44+,45+,46-,47+,48+,51+,52-/m1/s1. The molecule has 0 amide bonds. The Bertz CT molecular complexity index is 1680. The highest BCUT2D eigenvalue weighted by Crippen LogP contribution is 2.67. The maximum absolute atomic E-state index is 12.9. The fourth-order valence-electron chi connectivity index (χ4n) is 12.1. The predicted molar refractivity (Wildman–Crippen MR) is 237 cm³/mol. The van der Waals surface area contributed by atoms with Gasteiger partial charge in [0.15, 0.2) is 0 Å². The van der Waals surface area contributed by atoms with Gasteiger partial charge in [-0.05, 0) is 159 Å². The summed E-state index contributed by atoms with van der Waals surface area (Å²) < 4.78 is 11.7. The van der Waals surface area contributed by atoms with Gasteiger partial charge in [0.1, 0.15) is 11.9 Å². The van der Waals surface area contributed by atoms with Gasteiger partial charge >= 0.3 is 11.9 Å². The van der Waals surface area contributed by atoms with Crippen LogP contribution in [0, 0.1) is 46.3 Å². The van der Waals surface area contributed by atoms with Crippen LogP contribution in [-0.4, -0.2) is 18.0 Å². The molecule has 2 aromatic rings. The molecular formula is C52H76N2O4. The molecule has 4 aliphatic carbocycles. The van der Waals surface area contributed by atoms with Crippen molar-refractivity contribution in [1.29, 1.82) is 0 Å². The number of carbonyl (C=O) groups is 2. The normalized spacial score (nSPS) is 28.4. The van der Waals surface area contributed by atoms with Crippen molar-refractivity contribution in [2.24, 2.45) is 56.6 Å². The summed E-state index contributed by atoms with van der Waals surface area (Å²) >= 11 is 0. The van der Waals surface area contributed by atoms with Crippen molar-refractivity contribution in [3.8, 4) is 5.75 Å². The zero-order chi connectivity index (χ0) is 41.1. The first-order valence-electron chi connectivity index (χ1n) is 23.7. The number of rotatable bonds is 20. The van der Waals surface area contributed by atoms with Crippen LogP contribution in [0.2, 0.25) is 0 Å². The van der Waals surface area contributed by atoms with Gasteiger partial charge in [-0.25, -0.2) is 0 Å². The molecule has 3 saturated carbocycles. The molecule has 6 nitrogen and oxygen atoms in total. The molecule has 0 saturated heterocycles. The van der Waals surface area contributed by atoms with E-state index in [0.29, 0.717) is 29.7 Å². The summed E-state index contributed by atoms with van der Waals surface area (Å²) in [5.74, 6) is 5.31. The quantitative estimate of drug-likeness (QED) is 0.0440. The molecule has 0 aliphatic heterocycles. The molecule has 2 aromatic carbocycles. The number of ether oxygens (including phenoxy) is 2. The number of benzene rings is 2. The van der Waals surface area contributed by atoms with Gasteiger partial charge in [-0.1, -0.05) is 110 Å². The van der Waals surface area contributed by atoms with Crippen molar-refractivity contribution in [3.63, 3.8) is 0 Å². The van der Waals surface area contributed by atoms with Crippen molar-refractivity contribution in [2.75, 3.05) is 0 Å². The van der Waals surface area contributed by atoms with Gasteiger partial charge in [0.05, 0.1) is 11.4 Å². The lowest BCUT2D eigenvalue weighted by atomic mass is 9.47. The van der Waals surface area contributed by atoms with Crippen molar-refractivity contribution in [1.82, 2.24) is 0 Å². The summed E-state index contributed by atoms with van der Waals surface area (Å²) in [5.41, 5.74) is 5.23. The first-order chi connectivity index (χ1) is 28.0. The molecule has 3 fully saturated rings. The predicted octanol–water partition coefficient (Wildman–Crippen LogP) is 15.0. The summed E-state index contributed by atoms with van der Waals surface area (Å²) in [6.45, 7) is 14.8. The molecule has 0 spiro atoms. The van der Waals surface area contributed by atoms with Gasteiger partial charge in [-0.15, -0.1) is 0 Å². The SMILES string of the molecule is CCCCc1ccc(N=Nc2ccc(OC(=O)CCCCCCCC(=O)O[C@H]3CC[C@@]4(C)C(=CC[C@H]5[C@@H]6CC[C@H]([C@H](C)CCCC(C)C)[C@@]6(C)CC[C@@H]54)C3)cc2)cc1.